The zero-order valence-corrected chi connectivity index (χ0v) is 15.9. The van der Waals surface area contributed by atoms with Crippen molar-refractivity contribution in [3.63, 3.8) is 0 Å². The van der Waals surface area contributed by atoms with Gasteiger partial charge in [-0.15, -0.1) is 24.8 Å². The van der Waals surface area contributed by atoms with Crippen LogP contribution in [0.4, 0.5) is 19.0 Å². The van der Waals surface area contributed by atoms with Gasteiger partial charge >= 0.3 is 6.18 Å². The second-order valence-corrected chi connectivity index (χ2v) is 6.53. The second-order valence-electron chi connectivity index (χ2n) is 6.53. The molecule has 2 aliphatic rings. The Bertz CT molecular complexity index is 583. The van der Waals surface area contributed by atoms with Crippen molar-refractivity contribution in [3.05, 3.63) is 17.1 Å². The van der Waals surface area contributed by atoms with Crippen LogP contribution in [0.3, 0.4) is 0 Å². The molecule has 1 aliphatic heterocycles. The molecule has 0 aromatic carbocycles. The van der Waals surface area contributed by atoms with Crippen LogP contribution < -0.4 is 10.6 Å². The van der Waals surface area contributed by atoms with Gasteiger partial charge in [-0.3, -0.25) is 0 Å². The molecule has 0 spiro atoms. The summed E-state index contributed by atoms with van der Waals surface area (Å²) in [6, 6.07) is 0. The quantitative estimate of drug-likeness (QED) is 0.703. The van der Waals surface area contributed by atoms with Gasteiger partial charge in [0, 0.05) is 24.4 Å². The lowest BCUT2D eigenvalue weighted by molar-refractivity contribution is -0.198. The van der Waals surface area contributed by atoms with Gasteiger partial charge < -0.3 is 15.7 Å². The van der Waals surface area contributed by atoms with Crippen molar-refractivity contribution in [3.8, 4) is 0 Å². The summed E-state index contributed by atoms with van der Waals surface area (Å²) in [5, 5.41) is 15.2. The number of nitrogens with one attached hydrogen (secondary N) is 2. The normalized spacial score (nSPS) is 18.9. The highest BCUT2D eigenvalue weighted by atomic mass is 35.5. The third-order valence-corrected chi connectivity index (χ3v) is 4.76. The molecular formula is C16H25Cl2F3N4O. The Hall–Kier alpha value is -0.830. The first kappa shape index (κ1) is 23.2. The van der Waals surface area contributed by atoms with E-state index in [0.717, 1.165) is 62.3 Å². The molecule has 0 saturated heterocycles. The molecule has 0 radical (unpaired) electrons. The maximum absolute atomic E-state index is 12.5. The molecule has 150 valence electrons. The van der Waals surface area contributed by atoms with Crippen LogP contribution in [0.5, 0.6) is 0 Å². The van der Waals surface area contributed by atoms with Crippen molar-refractivity contribution in [1.82, 2.24) is 15.3 Å². The molecule has 3 N–H and O–H groups in total. The molecule has 3 rings (SSSR count). The fourth-order valence-electron chi connectivity index (χ4n) is 3.39. The maximum Gasteiger partial charge on any atom is 0.416 e. The maximum atomic E-state index is 12.5. The van der Waals surface area contributed by atoms with E-state index < -0.39 is 18.8 Å². The summed E-state index contributed by atoms with van der Waals surface area (Å²) in [5.41, 5.74) is 1.79. The van der Waals surface area contributed by atoms with Crippen molar-refractivity contribution in [2.24, 2.45) is 0 Å². The van der Waals surface area contributed by atoms with E-state index in [1.165, 1.54) is 0 Å². The second kappa shape index (κ2) is 9.92. The monoisotopic (exact) mass is 416 g/mol. The zero-order chi connectivity index (χ0) is 17.2. The average molecular weight is 417 g/mol. The van der Waals surface area contributed by atoms with Gasteiger partial charge in [0.2, 0.25) is 0 Å². The van der Waals surface area contributed by atoms with Crippen LogP contribution >= 0.6 is 24.8 Å². The molecule has 0 amide bonds. The summed E-state index contributed by atoms with van der Waals surface area (Å²) < 4.78 is 37.6. The summed E-state index contributed by atoms with van der Waals surface area (Å²) >= 11 is 0. The third kappa shape index (κ3) is 5.58. The molecule has 1 atom stereocenters. The van der Waals surface area contributed by atoms with E-state index in [1.807, 2.05) is 0 Å². The number of aliphatic hydroxyl groups excluding tert-OH is 1. The number of aromatic nitrogens is 2. The molecule has 10 heteroatoms. The van der Waals surface area contributed by atoms with E-state index in [-0.39, 0.29) is 24.8 Å². The summed E-state index contributed by atoms with van der Waals surface area (Å²) in [6.45, 7) is 0.957. The molecule has 1 saturated carbocycles. The Balaban J connectivity index is 0.00000169. The van der Waals surface area contributed by atoms with Crippen LogP contribution in [-0.2, 0) is 12.8 Å². The number of rotatable bonds is 4. The van der Waals surface area contributed by atoms with E-state index in [0.29, 0.717) is 18.2 Å². The summed E-state index contributed by atoms with van der Waals surface area (Å²) in [4.78, 5) is 9.25. The Kier molecular flexibility index (Phi) is 8.85. The van der Waals surface area contributed by atoms with Crippen LogP contribution in [0.15, 0.2) is 0 Å². The van der Waals surface area contributed by atoms with Crippen LogP contribution in [0.25, 0.3) is 0 Å². The Morgan fingerprint density at radius 2 is 1.77 bits per heavy atom. The van der Waals surface area contributed by atoms with E-state index in [4.69, 9.17) is 4.98 Å². The highest BCUT2D eigenvalue weighted by molar-refractivity contribution is 5.85. The Morgan fingerprint density at radius 3 is 2.42 bits per heavy atom. The van der Waals surface area contributed by atoms with Gasteiger partial charge in [0.25, 0.3) is 0 Å². The lowest BCUT2D eigenvalue weighted by Gasteiger charge is -2.19. The molecule has 1 unspecified atom stereocenters. The smallest absolute Gasteiger partial charge is 0.382 e. The van der Waals surface area contributed by atoms with E-state index in [1.54, 1.807) is 0 Å². The van der Waals surface area contributed by atoms with Crippen molar-refractivity contribution in [2.45, 2.75) is 56.7 Å². The summed E-state index contributed by atoms with van der Waals surface area (Å²) in [6.07, 6.45) is -1.28. The largest absolute Gasteiger partial charge is 0.416 e. The number of halogens is 5. The highest BCUT2D eigenvalue weighted by Gasteiger charge is 2.38. The first-order valence-corrected chi connectivity index (χ1v) is 8.54. The molecule has 0 bridgehead atoms. The van der Waals surface area contributed by atoms with Crippen LogP contribution in [-0.4, -0.2) is 47.0 Å². The third-order valence-electron chi connectivity index (χ3n) is 4.76. The van der Waals surface area contributed by atoms with E-state index >= 15 is 0 Å². The van der Waals surface area contributed by atoms with Gasteiger partial charge in [0.15, 0.2) is 6.10 Å². The van der Waals surface area contributed by atoms with Crippen LogP contribution in [0, 0.1) is 0 Å². The van der Waals surface area contributed by atoms with Gasteiger partial charge in [-0.1, -0.05) is 12.8 Å². The van der Waals surface area contributed by atoms with Gasteiger partial charge in [-0.2, -0.15) is 13.2 Å². The first-order valence-electron chi connectivity index (χ1n) is 8.54. The molecular weight excluding hydrogens is 392 g/mol. The molecule has 1 aromatic heterocycles. The fourth-order valence-corrected chi connectivity index (χ4v) is 3.39. The lowest BCUT2D eigenvalue weighted by Crippen LogP contribution is -2.35. The standard InChI is InChI=1S/C16H23F3N4O.2ClH/c17-16(18,19)13(24)9-21-15-11-5-7-20-8-6-12(11)22-14(23-15)10-3-1-2-4-10;;/h10,13,20,24H,1-9H2,(H,21,22,23);2*1H. The first-order chi connectivity index (χ1) is 11.4. The van der Waals surface area contributed by atoms with Gasteiger partial charge in [-0.25, -0.2) is 9.97 Å². The van der Waals surface area contributed by atoms with Gasteiger partial charge in [0.05, 0.1) is 12.2 Å². The number of hydrogen-bond acceptors (Lipinski definition) is 5. The van der Waals surface area contributed by atoms with E-state index in [9.17, 15) is 18.3 Å². The Morgan fingerprint density at radius 1 is 1.12 bits per heavy atom. The minimum atomic E-state index is -4.63. The lowest BCUT2D eigenvalue weighted by atomic mass is 10.0. The van der Waals surface area contributed by atoms with Crippen molar-refractivity contribution in [1.29, 1.82) is 0 Å². The topological polar surface area (TPSA) is 70.1 Å². The van der Waals surface area contributed by atoms with Crippen LogP contribution in [0.2, 0.25) is 0 Å². The van der Waals surface area contributed by atoms with Crippen molar-refractivity contribution < 1.29 is 18.3 Å². The SMILES string of the molecule is Cl.Cl.OC(CNc1nc(C2CCCC2)nc2c1CCNCC2)C(F)(F)F. The number of aliphatic hydroxyl groups is 1. The number of alkyl halides is 3. The predicted molar refractivity (Wildman–Crippen MR) is 98.6 cm³/mol. The average Bonchev–Trinajstić information content (AvgIpc) is 2.96. The van der Waals surface area contributed by atoms with Crippen LogP contribution in [0.1, 0.15) is 48.7 Å². The fraction of sp³-hybridized carbons (Fsp3) is 0.750. The number of anilines is 1. The van der Waals surface area contributed by atoms with Crippen molar-refractivity contribution in [2.75, 3.05) is 25.0 Å². The molecule has 1 aromatic rings. The zero-order valence-electron chi connectivity index (χ0n) is 14.3. The van der Waals surface area contributed by atoms with Crippen molar-refractivity contribution >= 4 is 30.6 Å². The number of nitrogens with zero attached hydrogens (tertiary/aromatic N) is 2. The molecule has 1 fully saturated rings. The molecule has 1 aliphatic carbocycles. The number of hydrogen-bond donors (Lipinski definition) is 3. The highest BCUT2D eigenvalue weighted by Crippen LogP contribution is 2.34. The van der Waals surface area contributed by atoms with E-state index in [2.05, 4.69) is 15.6 Å². The minimum absolute atomic E-state index is 0. The molecule has 5 nitrogen and oxygen atoms in total. The molecule has 2 heterocycles. The van der Waals surface area contributed by atoms with Gasteiger partial charge in [0.1, 0.15) is 11.6 Å². The number of fused-ring (bicyclic) bond motifs is 1. The molecule has 26 heavy (non-hydrogen) atoms. The summed E-state index contributed by atoms with van der Waals surface area (Å²) in [7, 11) is 0. The summed E-state index contributed by atoms with van der Waals surface area (Å²) in [5.74, 6) is 1.48. The Labute approximate surface area is 163 Å². The minimum Gasteiger partial charge on any atom is -0.382 e. The van der Waals surface area contributed by atoms with Gasteiger partial charge in [-0.05, 0) is 25.8 Å². The predicted octanol–water partition coefficient (Wildman–Crippen LogP) is 3.00.